The van der Waals surface area contributed by atoms with Crippen LogP contribution in [0.15, 0.2) is 0 Å². The van der Waals surface area contributed by atoms with Gasteiger partial charge in [-0.1, -0.05) is 324 Å². The first kappa shape index (κ1) is 90.1. The zero-order valence-corrected chi connectivity index (χ0v) is 61.6. The molecule has 2 unspecified atom stereocenters. The predicted molar refractivity (Wildman–Crippen MR) is 372 cm³/mol. The van der Waals surface area contributed by atoms with Crippen LogP contribution in [0.2, 0.25) is 0 Å². The number of ether oxygens (including phenoxy) is 4. The molecule has 0 saturated carbocycles. The van der Waals surface area contributed by atoms with E-state index in [0.717, 1.165) is 102 Å². The third-order valence-electron chi connectivity index (χ3n) is 17.0. The lowest BCUT2D eigenvalue weighted by atomic mass is 10.0. The van der Waals surface area contributed by atoms with Gasteiger partial charge in [-0.25, -0.2) is 9.13 Å². The molecule has 0 aliphatic heterocycles. The van der Waals surface area contributed by atoms with Crippen molar-refractivity contribution >= 4 is 39.5 Å². The maximum absolute atomic E-state index is 13.1. The highest BCUT2D eigenvalue weighted by Crippen LogP contribution is 2.45. The second-order valence-electron chi connectivity index (χ2n) is 27.3. The fourth-order valence-electron chi connectivity index (χ4n) is 11.1. The van der Waals surface area contributed by atoms with Crippen LogP contribution >= 0.6 is 15.6 Å². The first-order valence-corrected chi connectivity index (χ1v) is 41.0. The number of carbonyl (C=O) groups is 4. The van der Waals surface area contributed by atoms with Crippen molar-refractivity contribution in [3.05, 3.63) is 0 Å². The molecule has 3 N–H and O–H groups in total. The molecule has 0 amide bonds. The molecule has 546 valence electrons. The number of rotatable bonds is 72. The van der Waals surface area contributed by atoms with Crippen LogP contribution in [0.3, 0.4) is 0 Å². The van der Waals surface area contributed by atoms with Crippen LogP contribution in [0.5, 0.6) is 0 Å². The number of phosphoric acid groups is 2. The monoisotopic (exact) mass is 1350 g/mol. The molecule has 0 aromatic heterocycles. The van der Waals surface area contributed by atoms with Gasteiger partial charge in [0.15, 0.2) is 12.2 Å². The molecule has 0 rings (SSSR count). The van der Waals surface area contributed by atoms with Crippen molar-refractivity contribution < 1.29 is 80.2 Å². The number of hydrogen-bond donors (Lipinski definition) is 3. The van der Waals surface area contributed by atoms with Crippen LogP contribution in [0.25, 0.3) is 0 Å². The van der Waals surface area contributed by atoms with E-state index in [-0.39, 0.29) is 25.7 Å². The van der Waals surface area contributed by atoms with Gasteiger partial charge in [-0.05, 0) is 37.5 Å². The number of unbranched alkanes of at least 4 members (excludes halogenated alkanes) is 42. The number of hydrogen-bond acceptors (Lipinski definition) is 15. The quantitative estimate of drug-likeness (QED) is 0.0222. The summed E-state index contributed by atoms with van der Waals surface area (Å²) in [7, 11) is -9.90. The maximum Gasteiger partial charge on any atom is 0.472 e. The van der Waals surface area contributed by atoms with Gasteiger partial charge < -0.3 is 33.8 Å². The fraction of sp³-hybridized carbons (Fsp3) is 0.945. The van der Waals surface area contributed by atoms with E-state index >= 15 is 0 Å². The Morgan fingerprint density at radius 1 is 0.293 bits per heavy atom. The Labute approximate surface area is 562 Å². The van der Waals surface area contributed by atoms with E-state index in [9.17, 15) is 43.2 Å². The maximum atomic E-state index is 13.1. The van der Waals surface area contributed by atoms with Gasteiger partial charge >= 0.3 is 39.5 Å². The highest BCUT2D eigenvalue weighted by Gasteiger charge is 2.30. The lowest BCUT2D eigenvalue weighted by molar-refractivity contribution is -0.161. The molecule has 0 heterocycles. The van der Waals surface area contributed by atoms with Gasteiger partial charge in [0, 0.05) is 25.7 Å². The molecule has 0 aliphatic rings. The Bertz CT molecular complexity index is 1790. The van der Waals surface area contributed by atoms with Gasteiger partial charge in [0.2, 0.25) is 0 Å². The molecule has 0 aromatic rings. The summed E-state index contributed by atoms with van der Waals surface area (Å²) < 4.78 is 68.4. The smallest absolute Gasteiger partial charge is 0.462 e. The first-order valence-electron chi connectivity index (χ1n) is 38.0. The SMILES string of the molecule is CCCCCCCCCCCCCCCCCCCCC(=O)O[C@H](COC(=O)CCCCCCCCCCCCCC(C)C)COP(=O)(O)OC[C@@H](O)COP(=O)(O)OC[C@@H](COC(=O)CCCCCCCCC(C)C)OC(=O)CCCCCCCCCCCCC. The van der Waals surface area contributed by atoms with Crippen LogP contribution in [0, 0.1) is 11.8 Å². The van der Waals surface area contributed by atoms with Crippen molar-refractivity contribution in [3.8, 4) is 0 Å². The lowest BCUT2D eigenvalue weighted by Gasteiger charge is -2.21. The zero-order valence-electron chi connectivity index (χ0n) is 59.9. The Kier molecular flexibility index (Phi) is 63.7. The Balaban J connectivity index is 5.22. The minimum absolute atomic E-state index is 0.106. The number of aliphatic hydroxyl groups is 1. The molecule has 0 bridgehead atoms. The first-order chi connectivity index (χ1) is 44.4. The molecule has 92 heavy (non-hydrogen) atoms. The van der Waals surface area contributed by atoms with E-state index in [1.165, 1.54) is 186 Å². The average molecular weight is 1350 g/mol. The molecule has 0 radical (unpaired) electrons. The highest BCUT2D eigenvalue weighted by molar-refractivity contribution is 7.47. The van der Waals surface area contributed by atoms with Gasteiger partial charge in [0.05, 0.1) is 26.4 Å². The molecule has 0 aliphatic carbocycles. The van der Waals surface area contributed by atoms with E-state index in [1.807, 2.05) is 0 Å². The summed E-state index contributed by atoms with van der Waals surface area (Å²) in [6.45, 7) is 9.49. The van der Waals surface area contributed by atoms with Gasteiger partial charge in [-0.3, -0.25) is 37.3 Å². The van der Waals surface area contributed by atoms with Crippen molar-refractivity contribution in [2.45, 2.75) is 394 Å². The van der Waals surface area contributed by atoms with Gasteiger partial charge in [-0.15, -0.1) is 0 Å². The average Bonchev–Trinajstić information content (AvgIpc) is 1.60. The van der Waals surface area contributed by atoms with Crippen molar-refractivity contribution in [1.82, 2.24) is 0 Å². The molecule has 17 nitrogen and oxygen atoms in total. The van der Waals surface area contributed by atoms with E-state index in [1.54, 1.807) is 0 Å². The van der Waals surface area contributed by atoms with Crippen LogP contribution in [0.1, 0.15) is 375 Å². The summed E-state index contributed by atoms with van der Waals surface area (Å²) in [5.74, 6) is -0.670. The largest absolute Gasteiger partial charge is 0.472 e. The van der Waals surface area contributed by atoms with Crippen molar-refractivity contribution in [1.29, 1.82) is 0 Å². The molecule has 19 heteroatoms. The molecule has 0 spiro atoms. The van der Waals surface area contributed by atoms with E-state index in [0.29, 0.717) is 31.6 Å². The number of carbonyl (C=O) groups excluding carboxylic acids is 4. The van der Waals surface area contributed by atoms with Gasteiger partial charge in [-0.2, -0.15) is 0 Å². The summed E-state index contributed by atoms with van der Waals surface area (Å²) in [6.07, 6.45) is 51.5. The molecule has 0 aromatic carbocycles. The van der Waals surface area contributed by atoms with E-state index < -0.39 is 97.5 Å². The molecule has 5 atom stereocenters. The summed E-state index contributed by atoms with van der Waals surface area (Å²) in [6, 6.07) is 0. The van der Waals surface area contributed by atoms with Gasteiger partial charge in [0.25, 0.3) is 0 Å². The van der Waals surface area contributed by atoms with Crippen molar-refractivity contribution in [2.24, 2.45) is 11.8 Å². The van der Waals surface area contributed by atoms with Crippen molar-refractivity contribution in [2.75, 3.05) is 39.6 Å². The summed E-state index contributed by atoms with van der Waals surface area (Å²) in [5.41, 5.74) is 0. The van der Waals surface area contributed by atoms with Gasteiger partial charge in [0.1, 0.15) is 19.3 Å². The zero-order chi connectivity index (χ0) is 67.9. The molecule has 0 saturated heterocycles. The Morgan fingerprint density at radius 2 is 0.500 bits per heavy atom. The van der Waals surface area contributed by atoms with Crippen LogP contribution < -0.4 is 0 Å². The minimum Gasteiger partial charge on any atom is -0.462 e. The molecular formula is C73H142O17P2. The summed E-state index contributed by atoms with van der Waals surface area (Å²) in [4.78, 5) is 72.6. The standard InChI is InChI=1S/C73H142O17P2/c1-7-9-11-13-15-17-19-20-21-22-23-24-25-29-34-38-46-52-58-73(78)89-68(61-83-70(75)55-49-43-36-32-30-26-28-31-35-41-47-53-65(3)4)63-87-91(79,80)85-59-67(74)60-86-92(81,82)88-64-69(62-84-71(76)56-50-44-40-39-42-48-54-66(5)6)90-72(77)57-51-45-37-33-27-18-16-14-12-10-8-2/h65-69,74H,7-64H2,1-6H3,(H,79,80)(H,81,82)/t67-,68-,69-/m1/s1. The summed E-state index contributed by atoms with van der Waals surface area (Å²) >= 11 is 0. The van der Waals surface area contributed by atoms with Crippen LogP contribution in [-0.4, -0.2) is 96.7 Å². The number of esters is 4. The fourth-order valence-corrected chi connectivity index (χ4v) is 12.7. The second-order valence-corrected chi connectivity index (χ2v) is 30.2. The minimum atomic E-state index is -4.95. The van der Waals surface area contributed by atoms with E-state index in [2.05, 4.69) is 41.5 Å². The lowest BCUT2D eigenvalue weighted by Crippen LogP contribution is -2.30. The normalized spacial score (nSPS) is 14.1. The number of aliphatic hydroxyl groups excluding tert-OH is 1. The third kappa shape index (κ3) is 66.7. The molecular weight excluding hydrogens is 1210 g/mol. The van der Waals surface area contributed by atoms with Crippen LogP contribution in [0.4, 0.5) is 0 Å². The van der Waals surface area contributed by atoms with Crippen molar-refractivity contribution in [3.63, 3.8) is 0 Å². The summed E-state index contributed by atoms with van der Waals surface area (Å²) in [5, 5.41) is 10.6. The topological polar surface area (TPSA) is 237 Å². The highest BCUT2D eigenvalue weighted by atomic mass is 31.2. The predicted octanol–water partition coefficient (Wildman–Crippen LogP) is 21.2. The van der Waals surface area contributed by atoms with E-state index in [4.69, 9.17) is 37.0 Å². The molecule has 0 fully saturated rings. The Hall–Kier alpha value is -1.94. The Morgan fingerprint density at radius 3 is 0.739 bits per heavy atom. The van der Waals surface area contributed by atoms with Crippen LogP contribution in [-0.2, 0) is 65.4 Å². The number of phosphoric ester groups is 2. The second kappa shape index (κ2) is 65.0. The third-order valence-corrected chi connectivity index (χ3v) is 18.9.